The number of rotatable bonds is 39. The van der Waals surface area contributed by atoms with Gasteiger partial charge < -0.3 is 15.5 Å². The summed E-state index contributed by atoms with van der Waals surface area (Å²) in [6.07, 6.45) is 53.9. The molecule has 0 fully saturated rings. The van der Waals surface area contributed by atoms with Crippen LogP contribution in [-0.4, -0.2) is 34.9 Å². The number of carbonyl (C=O) groups excluding carboxylic acids is 1. The number of aliphatic hydroxyl groups excluding tert-OH is 2. The molecule has 0 aromatic heterocycles. The lowest BCUT2D eigenvalue weighted by atomic mass is 10.0. The first-order valence-corrected chi connectivity index (χ1v) is 21.7. The zero-order valence-electron chi connectivity index (χ0n) is 33.0. The Balaban J connectivity index is 3.61. The molecule has 2 atom stereocenters. The summed E-state index contributed by atoms with van der Waals surface area (Å²) in [5, 5.41) is 23.0. The van der Waals surface area contributed by atoms with Gasteiger partial charge in [-0.05, 0) is 44.9 Å². The van der Waals surface area contributed by atoms with Crippen molar-refractivity contribution in [1.29, 1.82) is 0 Å². The Morgan fingerprint density at radius 1 is 0.469 bits per heavy atom. The first-order valence-electron chi connectivity index (χ1n) is 21.7. The van der Waals surface area contributed by atoms with Gasteiger partial charge in [0.2, 0.25) is 5.91 Å². The fourth-order valence-electron chi connectivity index (χ4n) is 6.50. The molecule has 2 unspecified atom stereocenters. The predicted molar refractivity (Wildman–Crippen MR) is 216 cm³/mol. The Bertz CT molecular complexity index is 746. The summed E-state index contributed by atoms with van der Waals surface area (Å²) in [6, 6.07) is -0.641. The van der Waals surface area contributed by atoms with Gasteiger partial charge in [0, 0.05) is 6.42 Å². The largest absolute Gasteiger partial charge is 0.394 e. The highest BCUT2D eigenvalue weighted by atomic mass is 16.3. The van der Waals surface area contributed by atoms with Gasteiger partial charge in [0.25, 0.3) is 0 Å². The molecule has 0 aromatic carbocycles. The van der Waals surface area contributed by atoms with Crippen LogP contribution >= 0.6 is 0 Å². The van der Waals surface area contributed by atoms with Gasteiger partial charge in [-0.25, -0.2) is 0 Å². The van der Waals surface area contributed by atoms with Crippen molar-refractivity contribution >= 4 is 5.91 Å². The summed E-state index contributed by atoms with van der Waals surface area (Å²) in [5.74, 6) is -0.0756. The average Bonchev–Trinajstić information content (AvgIpc) is 3.10. The standard InChI is InChI=1S/C45H85NO3/c1-3-5-7-9-11-13-15-17-19-21-22-23-25-27-29-31-33-35-37-39-41-45(49)46-43(42-47)44(48)40-38-36-34-32-30-28-26-24-20-18-16-14-12-10-8-6-4-2/h20,24,30,32,38,40,43-44,47-48H,3-19,21-23,25-29,31,33-37,39,41-42H2,1-2H3,(H,46,49)/b24-20+,32-30+,40-38+. The summed E-state index contributed by atoms with van der Waals surface area (Å²) < 4.78 is 0. The fraction of sp³-hybridized carbons (Fsp3) is 0.844. The van der Waals surface area contributed by atoms with Crippen LogP contribution in [0.2, 0.25) is 0 Å². The van der Waals surface area contributed by atoms with Crippen molar-refractivity contribution in [2.45, 2.75) is 238 Å². The van der Waals surface area contributed by atoms with Gasteiger partial charge in [0.15, 0.2) is 0 Å². The average molecular weight is 688 g/mol. The second-order valence-electron chi connectivity index (χ2n) is 14.8. The second-order valence-corrected chi connectivity index (χ2v) is 14.8. The van der Waals surface area contributed by atoms with Gasteiger partial charge in [0.1, 0.15) is 0 Å². The van der Waals surface area contributed by atoms with E-state index in [4.69, 9.17) is 0 Å². The highest BCUT2D eigenvalue weighted by Crippen LogP contribution is 2.15. The Morgan fingerprint density at radius 3 is 1.18 bits per heavy atom. The number of nitrogens with one attached hydrogen (secondary N) is 1. The maximum absolute atomic E-state index is 12.4. The monoisotopic (exact) mass is 688 g/mol. The molecule has 0 heterocycles. The number of aliphatic hydroxyl groups is 2. The van der Waals surface area contributed by atoms with E-state index >= 15 is 0 Å². The summed E-state index contributed by atoms with van der Waals surface area (Å²) >= 11 is 0. The summed E-state index contributed by atoms with van der Waals surface area (Å²) in [7, 11) is 0. The highest BCUT2D eigenvalue weighted by Gasteiger charge is 2.17. The third-order valence-corrected chi connectivity index (χ3v) is 9.85. The maximum atomic E-state index is 12.4. The minimum absolute atomic E-state index is 0.0756. The van der Waals surface area contributed by atoms with Crippen LogP contribution in [0.4, 0.5) is 0 Å². The van der Waals surface area contributed by atoms with Crippen LogP contribution in [-0.2, 0) is 4.79 Å². The zero-order valence-corrected chi connectivity index (χ0v) is 33.0. The first kappa shape index (κ1) is 47.6. The van der Waals surface area contributed by atoms with Crippen LogP contribution in [0, 0.1) is 0 Å². The van der Waals surface area contributed by atoms with Gasteiger partial charge in [-0.15, -0.1) is 0 Å². The van der Waals surface area contributed by atoms with Crippen molar-refractivity contribution < 1.29 is 15.0 Å². The van der Waals surface area contributed by atoms with Crippen LogP contribution in [0.25, 0.3) is 0 Å². The minimum Gasteiger partial charge on any atom is -0.394 e. The van der Waals surface area contributed by atoms with E-state index < -0.39 is 12.1 Å². The molecule has 0 radical (unpaired) electrons. The fourth-order valence-corrected chi connectivity index (χ4v) is 6.50. The van der Waals surface area contributed by atoms with Gasteiger partial charge in [-0.3, -0.25) is 4.79 Å². The van der Waals surface area contributed by atoms with Crippen molar-refractivity contribution in [3.05, 3.63) is 36.5 Å². The van der Waals surface area contributed by atoms with Crippen molar-refractivity contribution in [3.63, 3.8) is 0 Å². The van der Waals surface area contributed by atoms with E-state index in [0.29, 0.717) is 6.42 Å². The lowest BCUT2D eigenvalue weighted by Gasteiger charge is -2.19. The number of carbonyl (C=O) groups is 1. The summed E-state index contributed by atoms with van der Waals surface area (Å²) in [6.45, 7) is 4.30. The normalized spacial score (nSPS) is 13.3. The van der Waals surface area contributed by atoms with Crippen molar-refractivity contribution in [3.8, 4) is 0 Å². The van der Waals surface area contributed by atoms with E-state index in [1.807, 2.05) is 6.08 Å². The van der Waals surface area contributed by atoms with E-state index in [1.54, 1.807) is 6.08 Å². The van der Waals surface area contributed by atoms with E-state index in [1.165, 1.54) is 167 Å². The topological polar surface area (TPSA) is 69.6 Å². The number of allylic oxidation sites excluding steroid dienone is 5. The first-order chi connectivity index (χ1) is 24.2. The third-order valence-electron chi connectivity index (χ3n) is 9.85. The molecule has 0 aliphatic carbocycles. The Labute approximate surface area is 306 Å². The molecule has 0 rings (SSSR count). The van der Waals surface area contributed by atoms with E-state index in [9.17, 15) is 15.0 Å². The van der Waals surface area contributed by atoms with Crippen LogP contribution in [0.15, 0.2) is 36.5 Å². The molecule has 4 nitrogen and oxygen atoms in total. The molecule has 49 heavy (non-hydrogen) atoms. The third kappa shape index (κ3) is 37.7. The molecule has 0 aromatic rings. The predicted octanol–water partition coefficient (Wildman–Crippen LogP) is 13.4. The molecule has 1 amide bonds. The van der Waals surface area contributed by atoms with E-state index in [2.05, 4.69) is 43.5 Å². The summed E-state index contributed by atoms with van der Waals surface area (Å²) in [5.41, 5.74) is 0. The lowest BCUT2D eigenvalue weighted by Crippen LogP contribution is -2.45. The van der Waals surface area contributed by atoms with Gasteiger partial charge in [-0.1, -0.05) is 211 Å². The quantitative estimate of drug-likeness (QED) is 0.0445. The molecule has 0 spiro atoms. The smallest absolute Gasteiger partial charge is 0.220 e. The Kier molecular flexibility index (Phi) is 39.9. The van der Waals surface area contributed by atoms with Gasteiger partial charge in [0.05, 0.1) is 18.8 Å². The van der Waals surface area contributed by atoms with Gasteiger partial charge >= 0.3 is 0 Å². The molecule has 0 saturated heterocycles. The van der Waals surface area contributed by atoms with E-state index in [0.717, 1.165) is 38.5 Å². The van der Waals surface area contributed by atoms with Crippen LogP contribution in [0.5, 0.6) is 0 Å². The highest BCUT2D eigenvalue weighted by molar-refractivity contribution is 5.76. The van der Waals surface area contributed by atoms with Crippen molar-refractivity contribution in [1.82, 2.24) is 5.32 Å². The van der Waals surface area contributed by atoms with Crippen LogP contribution in [0.3, 0.4) is 0 Å². The summed E-state index contributed by atoms with van der Waals surface area (Å²) in [4.78, 5) is 12.4. The van der Waals surface area contributed by atoms with Gasteiger partial charge in [-0.2, -0.15) is 0 Å². The molecule has 0 saturated carbocycles. The van der Waals surface area contributed by atoms with Crippen LogP contribution < -0.4 is 5.32 Å². The van der Waals surface area contributed by atoms with Crippen LogP contribution in [0.1, 0.15) is 226 Å². The SMILES string of the molecule is CCCCCCCCC/C=C/CC/C=C/CC/C=C/C(O)C(CO)NC(=O)CCCCCCCCCCCCCCCCCCCCCC. The number of unbranched alkanes of at least 4 members (excludes halogenated alkanes) is 28. The minimum atomic E-state index is -0.866. The van der Waals surface area contributed by atoms with Crippen molar-refractivity contribution in [2.75, 3.05) is 6.61 Å². The van der Waals surface area contributed by atoms with E-state index in [-0.39, 0.29) is 12.5 Å². The molecule has 4 heteroatoms. The zero-order chi connectivity index (χ0) is 35.7. The Morgan fingerprint density at radius 2 is 0.796 bits per heavy atom. The Hall–Kier alpha value is -1.39. The molecular formula is C45H85NO3. The lowest BCUT2D eigenvalue weighted by molar-refractivity contribution is -0.123. The molecule has 0 bridgehead atoms. The number of hydrogen-bond donors (Lipinski definition) is 3. The number of hydrogen-bond acceptors (Lipinski definition) is 3. The molecule has 0 aliphatic rings. The second kappa shape index (κ2) is 41.0. The number of amides is 1. The molecular weight excluding hydrogens is 602 g/mol. The molecule has 3 N–H and O–H groups in total. The maximum Gasteiger partial charge on any atom is 0.220 e. The van der Waals surface area contributed by atoms with Crippen molar-refractivity contribution in [2.24, 2.45) is 0 Å². The molecule has 0 aliphatic heterocycles. The molecule has 288 valence electrons.